The van der Waals surface area contributed by atoms with E-state index >= 15 is 0 Å². The maximum absolute atomic E-state index is 13.7. The Balaban J connectivity index is 1.95. The quantitative estimate of drug-likeness (QED) is 0.208. The summed E-state index contributed by atoms with van der Waals surface area (Å²) in [5, 5.41) is 15.5. The van der Waals surface area contributed by atoms with E-state index in [-0.39, 0.29) is 11.4 Å². The van der Waals surface area contributed by atoms with Crippen molar-refractivity contribution in [3.8, 4) is 17.2 Å². The number of amides is 1. The van der Waals surface area contributed by atoms with Gasteiger partial charge in [-0.2, -0.15) is 5.10 Å². The van der Waals surface area contributed by atoms with Crippen molar-refractivity contribution in [2.45, 2.75) is 11.8 Å². The Bertz CT molecular complexity index is 1430. The van der Waals surface area contributed by atoms with Gasteiger partial charge in [0, 0.05) is 12.1 Å². The minimum Gasteiger partial charge on any atom is -0.497 e. The molecule has 0 aromatic heterocycles. The second kappa shape index (κ2) is 12.5. The predicted octanol–water partition coefficient (Wildman–Crippen LogP) is 3.36. The number of nitrogens with zero attached hydrogens (tertiary/aromatic N) is 3. The van der Waals surface area contributed by atoms with Crippen molar-refractivity contribution in [1.29, 1.82) is 0 Å². The molecule has 3 aromatic carbocycles. The first-order chi connectivity index (χ1) is 18.2. The molecule has 3 rings (SSSR count). The Labute approximate surface area is 219 Å². The van der Waals surface area contributed by atoms with Crippen LogP contribution in [0.2, 0.25) is 0 Å². The number of para-hydroxylation sites is 1. The number of rotatable bonds is 12. The molecule has 0 saturated heterocycles. The highest BCUT2D eigenvalue weighted by Gasteiger charge is 2.34. The number of benzene rings is 3. The number of carbonyl (C=O) groups excluding carboxylic acids is 1. The Morgan fingerprint density at radius 1 is 1.05 bits per heavy atom. The molecular formula is C25H26N4O8S. The predicted molar refractivity (Wildman–Crippen MR) is 141 cm³/mol. The van der Waals surface area contributed by atoms with Crippen molar-refractivity contribution in [3.05, 3.63) is 82.4 Å². The van der Waals surface area contributed by atoms with Gasteiger partial charge < -0.3 is 14.2 Å². The number of nitro groups is 1. The Kier molecular flexibility index (Phi) is 9.22. The highest BCUT2D eigenvalue weighted by atomic mass is 32.2. The monoisotopic (exact) mass is 542 g/mol. The molecule has 200 valence electrons. The molecule has 1 amide bonds. The topological polar surface area (TPSA) is 150 Å². The van der Waals surface area contributed by atoms with Crippen LogP contribution in [0.3, 0.4) is 0 Å². The third-order valence-electron chi connectivity index (χ3n) is 5.17. The Hall–Kier alpha value is -4.65. The van der Waals surface area contributed by atoms with Gasteiger partial charge in [-0.05, 0) is 55.0 Å². The first-order valence-electron chi connectivity index (χ1n) is 11.2. The van der Waals surface area contributed by atoms with Gasteiger partial charge in [-0.15, -0.1) is 0 Å². The molecule has 0 aliphatic carbocycles. The van der Waals surface area contributed by atoms with Crippen LogP contribution >= 0.6 is 0 Å². The molecule has 13 heteroatoms. The molecule has 0 fully saturated rings. The molecule has 0 bridgehead atoms. The van der Waals surface area contributed by atoms with Crippen LogP contribution in [0.1, 0.15) is 12.5 Å². The number of carbonyl (C=O) groups is 1. The second-order valence-corrected chi connectivity index (χ2v) is 9.40. The molecule has 0 radical (unpaired) electrons. The molecule has 0 unspecified atom stereocenters. The summed E-state index contributed by atoms with van der Waals surface area (Å²) in [7, 11) is -1.88. The summed E-state index contributed by atoms with van der Waals surface area (Å²) in [6.45, 7) is 1.64. The number of hydrogen-bond donors (Lipinski definition) is 1. The van der Waals surface area contributed by atoms with Crippen molar-refractivity contribution in [1.82, 2.24) is 5.43 Å². The first kappa shape index (κ1) is 27.9. The van der Waals surface area contributed by atoms with Crippen molar-refractivity contribution >= 4 is 33.5 Å². The molecule has 0 aliphatic heterocycles. The molecule has 0 aliphatic rings. The number of hydrazone groups is 1. The van der Waals surface area contributed by atoms with Gasteiger partial charge in [-0.3, -0.25) is 19.2 Å². The molecule has 1 N–H and O–H groups in total. The summed E-state index contributed by atoms with van der Waals surface area (Å²) in [6.07, 6.45) is 1.38. The third-order valence-corrected chi connectivity index (χ3v) is 6.97. The molecule has 0 spiro atoms. The lowest BCUT2D eigenvalue weighted by Crippen LogP contribution is -2.40. The zero-order valence-corrected chi connectivity index (χ0v) is 21.7. The minimum atomic E-state index is -4.62. The van der Waals surface area contributed by atoms with Crippen LogP contribution in [0.5, 0.6) is 17.2 Å². The molecular weight excluding hydrogens is 516 g/mol. The van der Waals surface area contributed by atoms with Crippen LogP contribution in [0.25, 0.3) is 0 Å². The number of methoxy groups -OCH3 is 2. The number of anilines is 1. The number of hydrogen-bond acceptors (Lipinski definition) is 9. The number of nitro benzene ring substituents is 1. The van der Waals surface area contributed by atoms with Gasteiger partial charge in [0.15, 0.2) is 4.90 Å². The maximum atomic E-state index is 13.7. The first-order valence-corrected chi connectivity index (χ1v) is 12.7. The molecule has 38 heavy (non-hydrogen) atoms. The summed E-state index contributed by atoms with van der Waals surface area (Å²) in [5.74, 6) is 0.320. The Morgan fingerprint density at radius 2 is 1.74 bits per heavy atom. The van der Waals surface area contributed by atoms with Crippen LogP contribution < -0.4 is 23.9 Å². The molecule has 3 aromatic rings. The fourth-order valence-corrected chi connectivity index (χ4v) is 4.99. The van der Waals surface area contributed by atoms with E-state index in [0.717, 1.165) is 16.4 Å². The average Bonchev–Trinajstić information content (AvgIpc) is 2.92. The SMILES string of the molecule is CCOc1ccc(/C=N\NC(=O)CN(c2ccc(OC)cc2OC)S(=O)(=O)c2ccccc2[N+](=O)[O-])cc1. The summed E-state index contributed by atoms with van der Waals surface area (Å²) >= 11 is 0. The lowest BCUT2D eigenvalue weighted by molar-refractivity contribution is -0.387. The maximum Gasteiger partial charge on any atom is 0.289 e. The van der Waals surface area contributed by atoms with Crippen LogP contribution in [-0.2, 0) is 14.8 Å². The van der Waals surface area contributed by atoms with Crippen LogP contribution in [0, 0.1) is 10.1 Å². The van der Waals surface area contributed by atoms with Gasteiger partial charge in [0.1, 0.15) is 23.8 Å². The van der Waals surface area contributed by atoms with Crippen molar-refractivity contribution in [3.63, 3.8) is 0 Å². The number of nitrogens with one attached hydrogen (secondary N) is 1. The summed E-state index contributed by atoms with van der Waals surface area (Å²) in [6, 6.07) is 16.1. The van der Waals surface area contributed by atoms with E-state index in [4.69, 9.17) is 14.2 Å². The lowest BCUT2D eigenvalue weighted by Gasteiger charge is -2.25. The van der Waals surface area contributed by atoms with Crippen molar-refractivity contribution in [2.24, 2.45) is 5.10 Å². The number of sulfonamides is 1. The standard InChI is InChI=1S/C25H26N4O8S/c1-4-37-19-11-9-18(10-12-19)16-26-27-25(30)17-28(21-14-13-20(35-2)15-23(21)36-3)38(33,34)24-8-6-5-7-22(24)29(31)32/h5-16H,4,17H2,1-3H3,(H,27,30)/b26-16-. The van der Waals surface area contributed by atoms with Gasteiger partial charge in [0.05, 0.1) is 37.7 Å². The Morgan fingerprint density at radius 3 is 2.37 bits per heavy atom. The van der Waals surface area contributed by atoms with Gasteiger partial charge in [0.2, 0.25) is 0 Å². The van der Waals surface area contributed by atoms with E-state index in [1.807, 2.05) is 6.92 Å². The zero-order valence-electron chi connectivity index (χ0n) is 20.9. The summed E-state index contributed by atoms with van der Waals surface area (Å²) in [5.41, 5.74) is 2.28. The minimum absolute atomic E-state index is 0.0305. The van der Waals surface area contributed by atoms with E-state index in [9.17, 15) is 23.3 Å². The van der Waals surface area contributed by atoms with E-state index in [1.54, 1.807) is 24.3 Å². The number of ether oxygens (including phenoxy) is 3. The smallest absolute Gasteiger partial charge is 0.289 e. The third kappa shape index (κ3) is 6.56. The van der Waals surface area contributed by atoms with Gasteiger partial charge in [-0.25, -0.2) is 13.8 Å². The summed E-state index contributed by atoms with van der Waals surface area (Å²) < 4.78 is 44.0. The summed E-state index contributed by atoms with van der Waals surface area (Å²) in [4.78, 5) is 23.0. The molecule has 0 heterocycles. The van der Waals surface area contributed by atoms with E-state index < -0.39 is 38.0 Å². The average molecular weight is 543 g/mol. The highest BCUT2D eigenvalue weighted by Crippen LogP contribution is 2.37. The van der Waals surface area contributed by atoms with Gasteiger partial charge >= 0.3 is 0 Å². The fraction of sp³-hybridized carbons (Fsp3) is 0.200. The van der Waals surface area contributed by atoms with Crippen molar-refractivity contribution < 1.29 is 32.3 Å². The van der Waals surface area contributed by atoms with Gasteiger partial charge in [-0.1, -0.05) is 12.1 Å². The molecule has 0 saturated carbocycles. The fourth-order valence-electron chi connectivity index (χ4n) is 3.40. The van der Waals surface area contributed by atoms with Crippen molar-refractivity contribution in [2.75, 3.05) is 31.7 Å². The van der Waals surface area contributed by atoms with Gasteiger partial charge in [0.25, 0.3) is 21.6 Å². The molecule has 0 atom stereocenters. The zero-order chi connectivity index (χ0) is 27.7. The van der Waals surface area contributed by atoms with Crippen LogP contribution in [0.4, 0.5) is 11.4 Å². The lowest BCUT2D eigenvalue weighted by atomic mass is 10.2. The van der Waals surface area contributed by atoms with E-state index in [0.29, 0.717) is 23.7 Å². The normalized spacial score (nSPS) is 11.1. The largest absolute Gasteiger partial charge is 0.497 e. The van der Waals surface area contributed by atoms with Crippen LogP contribution in [-0.4, -0.2) is 52.8 Å². The van der Waals surface area contributed by atoms with E-state index in [1.165, 1.54) is 50.8 Å². The van der Waals surface area contributed by atoms with Crippen LogP contribution in [0.15, 0.2) is 76.7 Å². The highest BCUT2D eigenvalue weighted by molar-refractivity contribution is 7.93. The second-order valence-electron chi connectivity index (χ2n) is 7.57. The van der Waals surface area contributed by atoms with E-state index in [2.05, 4.69) is 10.5 Å². The molecule has 12 nitrogen and oxygen atoms in total.